The van der Waals surface area contributed by atoms with E-state index in [2.05, 4.69) is 5.32 Å². The number of halogens is 2. The van der Waals surface area contributed by atoms with Gasteiger partial charge in [-0.15, -0.1) is 0 Å². The first-order valence-corrected chi connectivity index (χ1v) is 4.44. The summed E-state index contributed by atoms with van der Waals surface area (Å²) in [4.78, 5) is 11.2. The summed E-state index contributed by atoms with van der Waals surface area (Å²) in [5.74, 6) is -2.21. The number of hydrogen-bond acceptors (Lipinski definition) is 2. The van der Waals surface area contributed by atoms with E-state index < -0.39 is 29.3 Å². The molecule has 0 radical (unpaired) electrons. The summed E-state index contributed by atoms with van der Waals surface area (Å²) >= 11 is 0. The zero-order valence-electron chi connectivity index (χ0n) is 8.47. The second kappa shape index (κ2) is 4.35. The minimum absolute atomic E-state index is 0.261. The fourth-order valence-corrected chi connectivity index (χ4v) is 1.01. The molecule has 0 saturated heterocycles. The molecule has 15 heavy (non-hydrogen) atoms. The molecule has 1 aromatic carbocycles. The third-order valence-electron chi connectivity index (χ3n) is 1.95. The molecule has 3 N–H and O–H groups in total. The highest BCUT2D eigenvalue weighted by molar-refractivity contribution is 5.94. The molecule has 1 rings (SSSR count). The van der Waals surface area contributed by atoms with E-state index in [-0.39, 0.29) is 5.56 Å². The van der Waals surface area contributed by atoms with E-state index in [4.69, 9.17) is 5.73 Å². The van der Waals surface area contributed by atoms with E-state index >= 15 is 0 Å². The average Bonchev–Trinajstić information content (AvgIpc) is 2.18. The van der Waals surface area contributed by atoms with Gasteiger partial charge in [0.15, 0.2) is 5.82 Å². The normalized spacial score (nSPS) is 12.3. The van der Waals surface area contributed by atoms with E-state index in [1.807, 2.05) is 0 Å². The second-order valence-corrected chi connectivity index (χ2v) is 3.33. The number of carbonyl (C=O) groups excluding carboxylic acids is 1. The van der Waals surface area contributed by atoms with Crippen LogP contribution in [0.3, 0.4) is 0 Å². The van der Waals surface area contributed by atoms with Crippen LogP contribution in [0.5, 0.6) is 0 Å². The van der Waals surface area contributed by atoms with Gasteiger partial charge in [0.25, 0.3) is 0 Å². The highest BCUT2D eigenvalue weighted by Gasteiger charge is 2.15. The van der Waals surface area contributed by atoms with Gasteiger partial charge in [0, 0.05) is 0 Å². The van der Waals surface area contributed by atoms with Crippen LogP contribution in [-0.2, 0) is 4.79 Å². The highest BCUT2D eigenvalue weighted by Crippen LogP contribution is 2.21. The van der Waals surface area contributed by atoms with Crippen molar-refractivity contribution in [2.45, 2.75) is 19.9 Å². The lowest BCUT2D eigenvalue weighted by Crippen LogP contribution is -2.33. The van der Waals surface area contributed by atoms with Crippen LogP contribution < -0.4 is 11.1 Å². The van der Waals surface area contributed by atoms with Crippen LogP contribution in [-0.4, -0.2) is 11.9 Å². The van der Waals surface area contributed by atoms with Crippen LogP contribution in [0.25, 0.3) is 0 Å². The Kier molecular flexibility index (Phi) is 3.36. The van der Waals surface area contributed by atoms with Crippen LogP contribution in [0.15, 0.2) is 12.1 Å². The van der Waals surface area contributed by atoms with E-state index in [1.54, 1.807) is 0 Å². The second-order valence-electron chi connectivity index (χ2n) is 3.33. The Bertz CT molecular complexity index is 391. The third kappa shape index (κ3) is 2.50. The van der Waals surface area contributed by atoms with E-state index in [0.29, 0.717) is 0 Å². The van der Waals surface area contributed by atoms with E-state index in [1.165, 1.54) is 19.9 Å². The van der Waals surface area contributed by atoms with Crippen LogP contribution in [0, 0.1) is 18.6 Å². The minimum atomic E-state index is -0.815. The van der Waals surface area contributed by atoms with Crippen molar-refractivity contribution in [1.82, 2.24) is 0 Å². The maximum absolute atomic E-state index is 13.4. The van der Waals surface area contributed by atoms with Crippen molar-refractivity contribution >= 4 is 11.6 Å². The fraction of sp³-hybridized carbons (Fsp3) is 0.300. The zero-order chi connectivity index (χ0) is 11.6. The van der Waals surface area contributed by atoms with Crippen molar-refractivity contribution in [2.75, 3.05) is 5.32 Å². The standard InChI is InChI=1S/C10H12F2N2O/c1-5-3-4-7(11)9(8(5)12)14-10(15)6(2)13/h3-4,6H,13H2,1-2H3,(H,14,15)/t6-/m1/s1. The van der Waals surface area contributed by atoms with Gasteiger partial charge in [-0.25, -0.2) is 8.78 Å². The number of nitrogens with one attached hydrogen (secondary N) is 1. The van der Waals surface area contributed by atoms with Crippen molar-refractivity contribution in [3.05, 3.63) is 29.3 Å². The number of carbonyl (C=O) groups is 1. The van der Waals surface area contributed by atoms with E-state index in [0.717, 1.165) is 6.07 Å². The summed E-state index contributed by atoms with van der Waals surface area (Å²) in [6.07, 6.45) is 0. The fourth-order valence-electron chi connectivity index (χ4n) is 1.01. The highest BCUT2D eigenvalue weighted by atomic mass is 19.1. The molecule has 0 heterocycles. The monoisotopic (exact) mass is 214 g/mol. The molecule has 0 aliphatic heterocycles. The van der Waals surface area contributed by atoms with Crippen molar-refractivity contribution in [3.8, 4) is 0 Å². The largest absolute Gasteiger partial charge is 0.320 e. The summed E-state index contributed by atoms with van der Waals surface area (Å²) in [5, 5.41) is 2.10. The molecule has 0 aliphatic carbocycles. The number of amides is 1. The molecule has 1 aromatic rings. The summed E-state index contributed by atoms with van der Waals surface area (Å²) in [6.45, 7) is 2.91. The van der Waals surface area contributed by atoms with E-state index in [9.17, 15) is 13.6 Å². The first-order valence-electron chi connectivity index (χ1n) is 4.44. The Morgan fingerprint density at radius 2 is 2.07 bits per heavy atom. The van der Waals surface area contributed by atoms with Gasteiger partial charge in [-0.2, -0.15) is 0 Å². The van der Waals surface area contributed by atoms with Crippen LogP contribution in [0.4, 0.5) is 14.5 Å². The molecular formula is C10H12F2N2O. The van der Waals surface area contributed by atoms with Crippen molar-refractivity contribution in [1.29, 1.82) is 0 Å². The van der Waals surface area contributed by atoms with Crippen LogP contribution in [0.2, 0.25) is 0 Å². The number of nitrogens with two attached hydrogens (primary N) is 1. The van der Waals surface area contributed by atoms with Gasteiger partial charge >= 0.3 is 0 Å². The van der Waals surface area contributed by atoms with Crippen LogP contribution in [0.1, 0.15) is 12.5 Å². The smallest absolute Gasteiger partial charge is 0.241 e. The lowest BCUT2D eigenvalue weighted by Gasteiger charge is -2.10. The van der Waals surface area contributed by atoms with Gasteiger partial charge in [0.2, 0.25) is 5.91 Å². The lowest BCUT2D eigenvalue weighted by molar-refractivity contribution is -0.117. The average molecular weight is 214 g/mol. The zero-order valence-corrected chi connectivity index (χ0v) is 8.47. The molecule has 1 amide bonds. The molecule has 0 unspecified atom stereocenters. The quantitative estimate of drug-likeness (QED) is 0.784. The maximum Gasteiger partial charge on any atom is 0.241 e. The summed E-state index contributed by atoms with van der Waals surface area (Å²) in [6, 6.07) is 1.57. The van der Waals surface area contributed by atoms with Gasteiger partial charge in [0.1, 0.15) is 11.5 Å². The molecular weight excluding hydrogens is 202 g/mol. The molecule has 0 spiro atoms. The first kappa shape index (κ1) is 11.6. The molecule has 3 nitrogen and oxygen atoms in total. The van der Waals surface area contributed by atoms with Crippen molar-refractivity contribution < 1.29 is 13.6 Å². The molecule has 82 valence electrons. The predicted octanol–water partition coefficient (Wildman–Crippen LogP) is 1.56. The molecule has 0 saturated carbocycles. The van der Waals surface area contributed by atoms with Gasteiger partial charge in [-0.3, -0.25) is 4.79 Å². The number of hydrogen-bond donors (Lipinski definition) is 2. The molecule has 0 bridgehead atoms. The minimum Gasteiger partial charge on any atom is -0.320 e. The molecule has 1 atom stereocenters. The SMILES string of the molecule is Cc1ccc(F)c(NC(=O)[C@@H](C)N)c1F. The topological polar surface area (TPSA) is 55.1 Å². The third-order valence-corrected chi connectivity index (χ3v) is 1.95. The maximum atomic E-state index is 13.4. The number of aryl methyl sites for hydroxylation is 1. The van der Waals surface area contributed by atoms with Crippen molar-refractivity contribution in [3.63, 3.8) is 0 Å². The Hall–Kier alpha value is -1.49. The molecule has 0 aromatic heterocycles. The number of rotatable bonds is 2. The summed E-state index contributed by atoms with van der Waals surface area (Å²) in [7, 11) is 0. The number of anilines is 1. The van der Waals surface area contributed by atoms with Crippen molar-refractivity contribution in [2.24, 2.45) is 5.73 Å². The molecule has 0 aliphatic rings. The van der Waals surface area contributed by atoms with Gasteiger partial charge in [-0.05, 0) is 25.5 Å². The van der Waals surface area contributed by atoms with Crippen LogP contribution >= 0.6 is 0 Å². The Balaban J connectivity index is 3.04. The Labute approximate surface area is 86.3 Å². The first-order chi connectivity index (χ1) is 6.93. The van der Waals surface area contributed by atoms with Gasteiger partial charge < -0.3 is 11.1 Å². The molecule has 5 heteroatoms. The van der Waals surface area contributed by atoms with Gasteiger partial charge in [0.05, 0.1) is 6.04 Å². The number of benzene rings is 1. The summed E-state index contributed by atoms with van der Waals surface area (Å²) in [5.41, 5.74) is 5.08. The predicted molar refractivity (Wildman–Crippen MR) is 53.4 cm³/mol. The lowest BCUT2D eigenvalue weighted by atomic mass is 10.2. The van der Waals surface area contributed by atoms with Gasteiger partial charge in [-0.1, -0.05) is 6.07 Å². The summed E-state index contributed by atoms with van der Waals surface area (Å²) < 4.78 is 26.5. The Morgan fingerprint density at radius 1 is 1.47 bits per heavy atom. The molecule has 0 fully saturated rings. The Morgan fingerprint density at radius 3 is 2.60 bits per heavy atom.